The van der Waals surface area contributed by atoms with E-state index in [0.29, 0.717) is 17.7 Å². The maximum atomic E-state index is 5.35. The number of rotatable bonds is 7. The van der Waals surface area contributed by atoms with Gasteiger partial charge in [-0.3, -0.25) is 0 Å². The van der Waals surface area contributed by atoms with Crippen molar-refractivity contribution in [3.63, 3.8) is 0 Å². The molecule has 0 rings (SSSR count). The maximum Gasteiger partial charge on any atom is 0.161 e. The van der Waals surface area contributed by atoms with Crippen molar-refractivity contribution in [2.24, 2.45) is 0 Å². The lowest BCUT2D eigenvalue weighted by Gasteiger charge is -2.38. The number of hydrogen-bond donors (Lipinski definition) is 0. The molecule has 0 amide bonds. The molecule has 0 spiro atoms. The van der Waals surface area contributed by atoms with Crippen LogP contribution in [0.5, 0.6) is 0 Å². The Balaban J connectivity index is 4.57. The van der Waals surface area contributed by atoms with Crippen molar-refractivity contribution in [2.45, 2.75) is 46.0 Å². The predicted molar refractivity (Wildman–Crippen MR) is 78.6 cm³/mol. The van der Waals surface area contributed by atoms with Crippen LogP contribution in [0.3, 0.4) is 0 Å². The minimum Gasteiger partial charge on any atom is -0.487 e. The highest BCUT2D eigenvalue weighted by molar-refractivity contribution is 7.80. The van der Waals surface area contributed by atoms with E-state index in [0.717, 1.165) is 13.0 Å². The molecule has 0 aliphatic heterocycles. The number of hydrogen-bond acceptors (Lipinski definition) is 3. The van der Waals surface area contributed by atoms with E-state index in [1.54, 1.807) is 0 Å². The molecule has 0 saturated heterocycles. The fourth-order valence-corrected chi connectivity index (χ4v) is 4.35. The van der Waals surface area contributed by atoms with Gasteiger partial charge >= 0.3 is 0 Å². The number of nitrogens with zero attached hydrogens (tertiary/aromatic N) is 1. The molecule has 4 heteroatoms. The molecule has 2 nitrogen and oxygen atoms in total. The lowest BCUT2D eigenvalue weighted by molar-refractivity contribution is 0.308. The molecule has 0 aliphatic carbocycles. The molecule has 0 aromatic heterocycles. The van der Waals surface area contributed by atoms with Crippen LogP contribution in [0.25, 0.3) is 0 Å². The third kappa shape index (κ3) is 5.23. The molecule has 0 bridgehead atoms. The van der Waals surface area contributed by atoms with E-state index in [4.69, 9.17) is 17.0 Å². The normalized spacial score (nSPS) is 13.6. The monoisotopic (exact) mass is 259 g/mol. The lowest BCUT2D eigenvalue weighted by atomic mass is 10.2. The molecule has 0 N–H and O–H groups in total. The number of ether oxygens (including phenoxy) is 1. The van der Waals surface area contributed by atoms with Crippen LogP contribution in [0.2, 0.25) is 19.6 Å². The molecule has 94 valence electrons. The second-order valence-corrected chi connectivity index (χ2v) is 10.1. The number of thiocarbonyl (C=S) groups is 1. The van der Waals surface area contributed by atoms with Gasteiger partial charge in [0.15, 0.2) is 5.05 Å². The van der Waals surface area contributed by atoms with E-state index >= 15 is 0 Å². The summed E-state index contributed by atoms with van der Waals surface area (Å²) < 4.78 is 7.87. The van der Waals surface area contributed by atoms with E-state index in [1.165, 1.54) is 0 Å². The SMILES string of the molecule is C=CC(CC(=S)OCC)N(CC)[Si](C)(C)C. The lowest BCUT2D eigenvalue weighted by Crippen LogP contribution is -2.51. The van der Waals surface area contributed by atoms with E-state index in [1.807, 2.05) is 13.0 Å². The van der Waals surface area contributed by atoms with E-state index < -0.39 is 8.24 Å². The van der Waals surface area contributed by atoms with Crippen LogP contribution in [-0.2, 0) is 4.74 Å². The summed E-state index contributed by atoms with van der Waals surface area (Å²) >= 11 is 5.20. The Morgan fingerprint density at radius 3 is 2.31 bits per heavy atom. The molecule has 0 radical (unpaired) electrons. The Morgan fingerprint density at radius 1 is 1.44 bits per heavy atom. The summed E-state index contributed by atoms with van der Waals surface area (Å²) in [6.45, 7) is 16.8. The van der Waals surface area contributed by atoms with Crippen molar-refractivity contribution in [1.29, 1.82) is 0 Å². The molecular formula is C12H25NOSSi. The first-order chi connectivity index (χ1) is 7.36. The Kier molecular flexibility index (Phi) is 7.11. The predicted octanol–water partition coefficient (Wildman–Crippen LogP) is 3.45. The molecule has 0 fully saturated rings. The zero-order valence-corrected chi connectivity index (χ0v) is 13.1. The molecule has 0 aliphatic rings. The first-order valence-corrected chi connectivity index (χ1v) is 9.77. The van der Waals surface area contributed by atoms with E-state index in [9.17, 15) is 0 Å². The Morgan fingerprint density at radius 2 is 2.00 bits per heavy atom. The van der Waals surface area contributed by atoms with Crippen molar-refractivity contribution < 1.29 is 4.74 Å². The molecule has 0 aromatic rings. The van der Waals surface area contributed by atoms with Crippen molar-refractivity contribution in [3.8, 4) is 0 Å². The van der Waals surface area contributed by atoms with Crippen molar-refractivity contribution in [1.82, 2.24) is 4.57 Å². The third-order valence-corrected chi connectivity index (χ3v) is 5.21. The van der Waals surface area contributed by atoms with Crippen molar-refractivity contribution in [2.75, 3.05) is 13.2 Å². The summed E-state index contributed by atoms with van der Waals surface area (Å²) in [5, 5.41) is 0.698. The Bertz CT molecular complexity index is 238. The average molecular weight is 259 g/mol. The minimum absolute atomic E-state index is 0.315. The van der Waals surface area contributed by atoms with Crippen molar-refractivity contribution >= 4 is 25.5 Å². The quantitative estimate of drug-likeness (QED) is 0.395. The van der Waals surface area contributed by atoms with Crippen LogP contribution in [0, 0.1) is 0 Å². The minimum atomic E-state index is -1.31. The highest BCUT2D eigenvalue weighted by atomic mass is 32.1. The standard InChI is InChI=1S/C12H25NOSSi/c1-7-11(10-12(15)14-9-3)13(8-2)16(4,5)6/h7,11H,1,8-10H2,2-6H3. The highest BCUT2D eigenvalue weighted by Crippen LogP contribution is 2.17. The van der Waals surface area contributed by atoms with Crippen LogP contribution < -0.4 is 0 Å². The van der Waals surface area contributed by atoms with Gasteiger partial charge in [0.1, 0.15) is 8.24 Å². The van der Waals surface area contributed by atoms with Gasteiger partial charge in [-0.1, -0.05) is 32.6 Å². The summed E-state index contributed by atoms with van der Waals surface area (Å²) in [6.07, 6.45) is 2.78. The van der Waals surface area contributed by atoms with Crippen LogP contribution in [0.15, 0.2) is 12.7 Å². The third-order valence-electron chi connectivity index (χ3n) is 2.56. The molecule has 1 atom stereocenters. The average Bonchev–Trinajstić information content (AvgIpc) is 2.15. The summed E-state index contributed by atoms with van der Waals surface area (Å²) in [5.74, 6) is 0. The second-order valence-electron chi connectivity index (χ2n) is 4.77. The zero-order chi connectivity index (χ0) is 12.8. The Hall–Kier alpha value is -0.193. The summed E-state index contributed by atoms with van der Waals surface area (Å²) in [6, 6.07) is 0.315. The zero-order valence-electron chi connectivity index (χ0n) is 11.2. The van der Waals surface area contributed by atoms with Gasteiger partial charge in [0.25, 0.3) is 0 Å². The van der Waals surface area contributed by atoms with Crippen LogP contribution in [0.4, 0.5) is 0 Å². The van der Waals surface area contributed by atoms with E-state index in [-0.39, 0.29) is 0 Å². The van der Waals surface area contributed by atoms with Crippen molar-refractivity contribution in [3.05, 3.63) is 12.7 Å². The van der Waals surface area contributed by atoms with Gasteiger partial charge in [0.2, 0.25) is 0 Å². The Labute approximate surface area is 107 Å². The molecule has 0 heterocycles. The van der Waals surface area contributed by atoms with Crippen LogP contribution in [-0.4, -0.2) is 37.0 Å². The first-order valence-electron chi connectivity index (χ1n) is 5.91. The first kappa shape index (κ1) is 15.8. The summed E-state index contributed by atoms with van der Waals surface area (Å²) in [4.78, 5) is 0. The van der Waals surface area contributed by atoms with Gasteiger partial charge < -0.3 is 9.30 Å². The maximum absolute atomic E-state index is 5.35. The second kappa shape index (κ2) is 7.19. The fourth-order valence-electron chi connectivity index (χ4n) is 1.92. The highest BCUT2D eigenvalue weighted by Gasteiger charge is 2.28. The van der Waals surface area contributed by atoms with Gasteiger partial charge in [0.05, 0.1) is 6.61 Å². The smallest absolute Gasteiger partial charge is 0.161 e. The van der Waals surface area contributed by atoms with Gasteiger partial charge in [-0.05, 0) is 25.7 Å². The molecule has 16 heavy (non-hydrogen) atoms. The van der Waals surface area contributed by atoms with Gasteiger partial charge in [0, 0.05) is 12.5 Å². The van der Waals surface area contributed by atoms with Gasteiger partial charge in [-0.15, -0.1) is 6.58 Å². The summed E-state index contributed by atoms with van der Waals surface area (Å²) in [5.41, 5.74) is 0. The largest absolute Gasteiger partial charge is 0.487 e. The molecular weight excluding hydrogens is 234 g/mol. The molecule has 0 aromatic carbocycles. The van der Waals surface area contributed by atoms with Crippen LogP contribution in [0.1, 0.15) is 20.3 Å². The summed E-state index contributed by atoms with van der Waals surface area (Å²) in [7, 11) is -1.31. The molecule has 0 saturated carbocycles. The topological polar surface area (TPSA) is 12.5 Å². The van der Waals surface area contributed by atoms with E-state index in [2.05, 4.69) is 37.7 Å². The van der Waals surface area contributed by atoms with Gasteiger partial charge in [-0.2, -0.15) is 0 Å². The number of likely N-dealkylation sites (N-methyl/N-ethyl adjacent to an activating group) is 1. The van der Waals surface area contributed by atoms with Crippen LogP contribution >= 0.6 is 12.2 Å². The fraction of sp³-hybridized carbons (Fsp3) is 0.750. The van der Waals surface area contributed by atoms with Gasteiger partial charge in [-0.25, -0.2) is 0 Å². The molecule has 1 unspecified atom stereocenters.